The summed E-state index contributed by atoms with van der Waals surface area (Å²) in [6.45, 7) is 2.66. The SMILES string of the molecule is CON=Cc1c(C(=O)N[C@@H]2CCNC[C@@H]2F)[nH]c(C)c1Cl. The van der Waals surface area contributed by atoms with Crippen LogP contribution in [0.3, 0.4) is 0 Å². The van der Waals surface area contributed by atoms with Crippen molar-refractivity contribution in [2.45, 2.75) is 25.6 Å². The van der Waals surface area contributed by atoms with Crippen molar-refractivity contribution in [2.24, 2.45) is 5.16 Å². The number of aryl methyl sites for hydroxylation is 1. The van der Waals surface area contributed by atoms with Crippen molar-refractivity contribution in [1.29, 1.82) is 0 Å². The summed E-state index contributed by atoms with van der Waals surface area (Å²) in [5.74, 6) is -0.405. The number of carbonyl (C=O) groups is 1. The molecular formula is C13H18ClFN4O2. The van der Waals surface area contributed by atoms with Gasteiger partial charge in [-0.15, -0.1) is 0 Å². The first-order valence-electron chi connectivity index (χ1n) is 6.64. The van der Waals surface area contributed by atoms with Crippen LogP contribution in [0.2, 0.25) is 5.02 Å². The molecule has 21 heavy (non-hydrogen) atoms. The quantitative estimate of drug-likeness (QED) is 0.580. The van der Waals surface area contributed by atoms with E-state index >= 15 is 0 Å². The highest BCUT2D eigenvalue weighted by atomic mass is 35.5. The number of carbonyl (C=O) groups excluding carboxylic acids is 1. The van der Waals surface area contributed by atoms with Gasteiger partial charge in [0.1, 0.15) is 19.0 Å². The molecule has 1 saturated heterocycles. The molecule has 0 aromatic carbocycles. The van der Waals surface area contributed by atoms with Gasteiger partial charge in [-0.2, -0.15) is 0 Å². The Morgan fingerprint density at radius 2 is 2.38 bits per heavy atom. The summed E-state index contributed by atoms with van der Waals surface area (Å²) in [5, 5.41) is 9.65. The summed E-state index contributed by atoms with van der Waals surface area (Å²) in [7, 11) is 1.40. The monoisotopic (exact) mass is 316 g/mol. The summed E-state index contributed by atoms with van der Waals surface area (Å²) < 4.78 is 13.8. The second-order valence-corrected chi connectivity index (χ2v) is 5.24. The van der Waals surface area contributed by atoms with E-state index in [0.717, 1.165) is 0 Å². The first kappa shape index (κ1) is 15.8. The van der Waals surface area contributed by atoms with Gasteiger partial charge in [-0.1, -0.05) is 16.8 Å². The molecule has 8 heteroatoms. The maximum absolute atomic E-state index is 13.8. The molecular weight excluding hydrogens is 299 g/mol. The van der Waals surface area contributed by atoms with Gasteiger partial charge >= 0.3 is 0 Å². The van der Waals surface area contributed by atoms with Gasteiger partial charge in [-0.05, 0) is 19.9 Å². The average Bonchev–Trinajstić information content (AvgIpc) is 2.75. The number of rotatable bonds is 4. The van der Waals surface area contributed by atoms with Crippen molar-refractivity contribution in [2.75, 3.05) is 20.2 Å². The van der Waals surface area contributed by atoms with E-state index in [9.17, 15) is 9.18 Å². The van der Waals surface area contributed by atoms with Gasteiger partial charge in [-0.25, -0.2) is 4.39 Å². The van der Waals surface area contributed by atoms with E-state index in [1.807, 2.05) is 0 Å². The summed E-state index contributed by atoms with van der Waals surface area (Å²) in [4.78, 5) is 19.8. The lowest BCUT2D eigenvalue weighted by Crippen LogP contribution is -2.51. The Labute approximate surface area is 127 Å². The molecule has 3 N–H and O–H groups in total. The third-order valence-electron chi connectivity index (χ3n) is 3.39. The Kier molecular flexibility index (Phi) is 5.19. The van der Waals surface area contributed by atoms with Crippen molar-refractivity contribution < 1.29 is 14.0 Å². The largest absolute Gasteiger partial charge is 0.399 e. The third kappa shape index (κ3) is 3.54. The van der Waals surface area contributed by atoms with E-state index in [1.165, 1.54) is 13.3 Å². The number of H-pyrrole nitrogens is 1. The van der Waals surface area contributed by atoms with E-state index in [0.29, 0.717) is 29.2 Å². The highest BCUT2D eigenvalue weighted by molar-refractivity contribution is 6.34. The average molecular weight is 317 g/mol. The van der Waals surface area contributed by atoms with Gasteiger partial charge < -0.3 is 20.5 Å². The molecule has 0 radical (unpaired) electrons. The Bertz CT molecular complexity index is 547. The fraction of sp³-hybridized carbons (Fsp3) is 0.538. The molecule has 1 aliphatic rings. The normalized spacial score (nSPS) is 22.5. The number of nitrogens with one attached hydrogen (secondary N) is 3. The second kappa shape index (κ2) is 6.91. The molecule has 1 aromatic heterocycles. The highest BCUT2D eigenvalue weighted by Gasteiger charge is 2.28. The molecule has 116 valence electrons. The van der Waals surface area contributed by atoms with Crippen LogP contribution in [0.1, 0.15) is 28.2 Å². The molecule has 0 bridgehead atoms. The first-order chi connectivity index (χ1) is 10.0. The van der Waals surface area contributed by atoms with Crippen LogP contribution in [-0.4, -0.2) is 49.5 Å². The van der Waals surface area contributed by atoms with Crippen molar-refractivity contribution in [1.82, 2.24) is 15.6 Å². The van der Waals surface area contributed by atoms with Gasteiger partial charge in [0.05, 0.1) is 17.3 Å². The maximum atomic E-state index is 13.8. The Hall–Kier alpha value is -1.60. The molecule has 2 rings (SSSR count). The first-order valence-corrected chi connectivity index (χ1v) is 7.02. The maximum Gasteiger partial charge on any atom is 0.268 e. The van der Waals surface area contributed by atoms with Crippen LogP contribution in [0, 0.1) is 6.92 Å². The van der Waals surface area contributed by atoms with E-state index in [2.05, 4.69) is 25.6 Å². The molecule has 1 fully saturated rings. The number of aromatic amines is 1. The van der Waals surface area contributed by atoms with Crippen molar-refractivity contribution in [3.63, 3.8) is 0 Å². The number of alkyl halides is 1. The molecule has 0 saturated carbocycles. The predicted octanol–water partition coefficient (Wildman–Crippen LogP) is 1.39. The van der Waals surface area contributed by atoms with Gasteiger partial charge in [-0.3, -0.25) is 4.79 Å². The van der Waals surface area contributed by atoms with Crippen molar-refractivity contribution in [3.05, 3.63) is 22.0 Å². The lowest BCUT2D eigenvalue weighted by Gasteiger charge is -2.27. The number of oxime groups is 1. The highest BCUT2D eigenvalue weighted by Crippen LogP contribution is 2.23. The van der Waals surface area contributed by atoms with Crippen LogP contribution in [-0.2, 0) is 4.84 Å². The smallest absolute Gasteiger partial charge is 0.268 e. The van der Waals surface area contributed by atoms with Crippen LogP contribution in [0.5, 0.6) is 0 Å². The van der Waals surface area contributed by atoms with Gasteiger partial charge in [0, 0.05) is 17.8 Å². The zero-order valence-corrected chi connectivity index (χ0v) is 12.6. The molecule has 1 amide bonds. The minimum Gasteiger partial charge on any atom is -0.399 e. The van der Waals surface area contributed by atoms with Gasteiger partial charge in [0.2, 0.25) is 0 Å². The van der Waals surface area contributed by atoms with E-state index < -0.39 is 18.1 Å². The second-order valence-electron chi connectivity index (χ2n) is 4.86. The third-order valence-corrected chi connectivity index (χ3v) is 3.87. The lowest BCUT2D eigenvalue weighted by molar-refractivity contribution is 0.0887. The number of hydrogen-bond acceptors (Lipinski definition) is 4. The summed E-state index contributed by atoms with van der Waals surface area (Å²) in [6.07, 6.45) is 0.795. The number of nitrogens with zero attached hydrogens (tertiary/aromatic N) is 1. The van der Waals surface area contributed by atoms with E-state index in [4.69, 9.17) is 11.6 Å². The predicted molar refractivity (Wildman–Crippen MR) is 78.8 cm³/mol. The lowest BCUT2D eigenvalue weighted by atomic mass is 10.0. The van der Waals surface area contributed by atoms with Crippen LogP contribution < -0.4 is 10.6 Å². The molecule has 0 aliphatic carbocycles. The molecule has 2 heterocycles. The van der Waals surface area contributed by atoms with Crippen LogP contribution in [0.25, 0.3) is 0 Å². The van der Waals surface area contributed by atoms with Crippen molar-refractivity contribution >= 4 is 23.7 Å². The van der Waals surface area contributed by atoms with E-state index in [1.54, 1.807) is 6.92 Å². The Morgan fingerprint density at radius 1 is 1.62 bits per heavy atom. The standard InChI is InChI=1S/C13H18ClFN4O2/c1-7-11(14)8(5-17-21-2)12(18-7)13(20)19-10-3-4-16-6-9(10)15/h5,9-10,16,18H,3-4,6H2,1-2H3,(H,19,20)/t9-,10+/m0/s1. The number of hydrogen-bond donors (Lipinski definition) is 3. The minimum absolute atomic E-state index is 0.243. The van der Waals surface area contributed by atoms with Crippen LogP contribution in [0.15, 0.2) is 5.16 Å². The van der Waals surface area contributed by atoms with Crippen LogP contribution >= 0.6 is 11.6 Å². The number of piperidine rings is 1. The van der Waals surface area contributed by atoms with E-state index in [-0.39, 0.29) is 12.2 Å². The Balaban J connectivity index is 2.18. The van der Waals surface area contributed by atoms with Crippen LogP contribution in [0.4, 0.5) is 4.39 Å². The zero-order chi connectivity index (χ0) is 15.4. The molecule has 0 spiro atoms. The number of aromatic nitrogens is 1. The number of halogens is 2. The Morgan fingerprint density at radius 3 is 3.05 bits per heavy atom. The van der Waals surface area contributed by atoms with Gasteiger partial charge in [0.25, 0.3) is 5.91 Å². The van der Waals surface area contributed by atoms with Gasteiger partial charge in [0.15, 0.2) is 0 Å². The molecule has 1 aromatic rings. The van der Waals surface area contributed by atoms with Crippen molar-refractivity contribution in [3.8, 4) is 0 Å². The zero-order valence-electron chi connectivity index (χ0n) is 11.9. The topological polar surface area (TPSA) is 78.5 Å². The molecule has 1 aliphatic heterocycles. The summed E-state index contributed by atoms with van der Waals surface area (Å²) in [6, 6.07) is -0.506. The molecule has 2 atom stereocenters. The fourth-order valence-electron chi connectivity index (χ4n) is 2.25. The minimum atomic E-state index is -1.11. The summed E-state index contributed by atoms with van der Waals surface area (Å²) in [5.41, 5.74) is 1.32. The summed E-state index contributed by atoms with van der Waals surface area (Å²) >= 11 is 6.12. The molecule has 0 unspecified atom stereocenters. The molecule has 6 nitrogen and oxygen atoms in total. The fourth-order valence-corrected chi connectivity index (χ4v) is 2.44. The number of amides is 1.